The van der Waals surface area contributed by atoms with Gasteiger partial charge in [0.15, 0.2) is 5.69 Å². The highest BCUT2D eigenvalue weighted by molar-refractivity contribution is 7.09. The van der Waals surface area contributed by atoms with Crippen LogP contribution in [0.2, 0.25) is 0 Å². The number of carbonyl (C=O) groups is 2. The number of piperazine rings is 1. The Balaban J connectivity index is 1.93. The molecule has 0 aromatic carbocycles. The van der Waals surface area contributed by atoms with Gasteiger partial charge in [-0.3, -0.25) is 0 Å². The molecular weight excluding hydrogens is 292 g/mol. The Bertz CT molecular complexity index is 533. The number of nitrogens with zero attached hydrogens (tertiary/aromatic N) is 3. The molecule has 0 spiro atoms. The minimum atomic E-state index is -1.05. The van der Waals surface area contributed by atoms with Crippen molar-refractivity contribution in [3.8, 4) is 0 Å². The molecule has 1 saturated heterocycles. The molecule has 2 rings (SSSR count). The van der Waals surface area contributed by atoms with Gasteiger partial charge in [0.1, 0.15) is 5.01 Å². The quantitative estimate of drug-likeness (QED) is 0.877. The molecule has 2 N–H and O–H groups in total. The van der Waals surface area contributed by atoms with Crippen LogP contribution in [0.15, 0.2) is 5.38 Å². The largest absolute Gasteiger partial charge is 0.476 e. The van der Waals surface area contributed by atoms with E-state index in [0.29, 0.717) is 24.1 Å². The van der Waals surface area contributed by atoms with Gasteiger partial charge in [-0.1, -0.05) is 0 Å². The number of hydrogen-bond donors (Lipinski definition) is 2. The highest BCUT2D eigenvalue weighted by Gasteiger charge is 2.25. The second kappa shape index (κ2) is 6.40. The van der Waals surface area contributed by atoms with Crippen molar-refractivity contribution < 1.29 is 14.7 Å². The number of carbonyl (C=O) groups excluding carboxylic acids is 1. The van der Waals surface area contributed by atoms with Crippen LogP contribution >= 0.6 is 11.3 Å². The van der Waals surface area contributed by atoms with E-state index in [4.69, 9.17) is 5.11 Å². The van der Waals surface area contributed by atoms with Gasteiger partial charge in [-0.05, 0) is 20.9 Å². The van der Waals surface area contributed by atoms with E-state index >= 15 is 0 Å². The standard InChI is InChI=1S/C13H20N4O3S/c1-8-6-17(5-4-16(8)3)13(20)14-9(2)11-15-10(7-21-11)12(18)19/h7-9H,4-6H2,1-3H3,(H,14,20)(H,18,19). The highest BCUT2D eigenvalue weighted by atomic mass is 32.1. The zero-order chi connectivity index (χ0) is 15.6. The fraction of sp³-hybridized carbons (Fsp3) is 0.615. The summed E-state index contributed by atoms with van der Waals surface area (Å²) in [6.45, 7) is 6.12. The van der Waals surface area contributed by atoms with Crippen molar-refractivity contribution in [3.63, 3.8) is 0 Å². The van der Waals surface area contributed by atoms with Crippen LogP contribution in [0.4, 0.5) is 4.79 Å². The van der Waals surface area contributed by atoms with Crippen molar-refractivity contribution in [2.75, 3.05) is 26.7 Å². The number of thiazole rings is 1. The SMILES string of the molecule is CC(NC(=O)N1CCN(C)C(C)C1)c1nc(C(=O)O)cs1. The molecule has 8 heteroatoms. The number of urea groups is 1. The lowest BCUT2D eigenvalue weighted by molar-refractivity contribution is 0.0691. The van der Waals surface area contributed by atoms with Gasteiger partial charge in [-0.2, -0.15) is 0 Å². The smallest absolute Gasteiger partial charge is 0.355 e. The third kappa shape index (κ3) is 3.70. The third-order valence-corrected chi connectivity index (χ3v) is 4.73. The average molecular weight is 312 g/mol. The van der Waals surface area contributed by atoms with E-state index < -0.39 is 5.97 Å². The summed E-state index contributed by atoms with van der Waals surface area (Å²) in [5, 5.41) is 13.8. The number of aromatic carboxylic acids is 1. The molecule has 1 fully saturated rings. The van der Waals surface area contributed by atoms with Crippen molar-refractivity contribution >= 4 is 23.3 Å². The van der Waals surface area contributed by atoms with Gasteiger partial charge in [-0.15, -0.1) is 11.3 Å². The number of carboxylic acids is 1. The van der Waals surface area contributed by atoms with E-state index in [1.54, 1.807) is 4.90 Å². The van der Waals surface area contributed by atoms with Crippen LogP contribution in [-0.2, 0) is 0 Å². The van der Waals surface area contributed by atoms with E-state index in [2.05, 4.69) is 22.1 Å². The minimum Gasteiger partial charge on any atom is -0.476 e. The molecule has 1 aliphatic heterocycles. The predicted octanol–water partition coefficient (Wildman–Crippen LogP) is 1.25. The van der Waals surface area contributed by atoms with Gasteiger partial charge >= 0.3 is 12.0 Å². The molecule has 2 heterocycles. The summed E-state index contributed by atoms with van der Waals surface area (Å²) < 4.78 is 0. The fourth-order valence-electron chi connectivity index (χ4n) is 2.16. The van der Waals surface area contributed by atoms with E-state index in [1.165, 1.54) is 16.7 Å². The Morgan fingerprint density at radius 1 is 1.52 bits per heavy atom. The fourth-order valence-corrected chi connectivity index (χ4v) is 2.96. The van der Waals surface area contributed by atoms with Crippen molar-refractivity contribution in [1.82, 2.24) is 20.1 Å². The van der Waals surface area contributed by atoms with E-state index in [1.807, 2.05) is 14.0 Å². The summed E-state index contributed by atoms with van der Waals surface area (Å²) in [4.78, 5) is 31.1. The zero-order valence-corrected chi connectivity index (χ0v) is 13.2. The van der Waals surface area contributed by atoms with E-state index in [9.17, 15) is 9.59 Å². The maximum absolute atomic E-state index is 12.2. The second-order valence-electron chi connectivity index (χ2n) is 5.32. The molecule has 1 aliphatic rings. The Labute approximate surface area is 127 Å². The third-order valence-electron chi connectivity index (χ3n) is 3.70. The number of likely N-dealkylation sites (N-methyl/N-ethyl adjacent to an activating group) is 1. The number of rotatable bonds is 3. The van der Waals surface area contributed by atoms with Crippen LogP contribution in [0, 0.1) is 0 Å². The van der Waals surface area contributed by atoms with Gasteiger partial charge in [-0.25, -0.2) is 14.6 Å². The summed E-state index contributed by atoms with van der Waals surface area (Å²) in [5.74, 6) is -1.05. The van der Waals surface area contributed by atoms with Gasteiger partial charge < -0.3 is 20.2 Å². The van der Waals surface area contributed by atoms with Crippen molar-refractivity contribution in [1.29, 1.82) is 0 Å². The number of aromatic nitrogens is 1. The number of hydrogen-bond acceptors (Lipinski definition) is 5. The van der Waals surface area contributed by atoms with Crippen LogP contribution in [0.5, 0.6) is 0 Å². The van der Waals surface area contributed by atoms with Crippen LogP contribution in [0.3, 0.4) is 0 Å². The lowest BCUT2D eigenvalue weighted by Gasteiger charge is -2.37. The Hall–Kier alpha value is -1.67. The normalized spacial score (nSPS) is 21.1. The van der Waals surface area contributed by atoms with Gasteiger partial charge in [0.2, 0.25) is 0 Å². The number of nitrogens with one attached hydrogen (secondary N) is 1. The molecule has 116 valence electrons. The molecule has 7 nitrogen and oxygen atoms in total. The first-order chi connectivity index (χ1) is 9.88. The summed E-state index contributed by atoms with van der Waals surface area (Å²) in [5.41, 5.74) is 0.0179. The van der Waals surface area contributed by atoms with Gasteiger partial charge in [0.05, 0.1) is 6.04 Å². The molecule has 2 amide bonds. The minimum absolute atomic E-state index is 0.0179. The Morgan fingerprint density at radius 3 is 2.81 bits per heavy atom. The van der Waals surface area contributed by atoms with Crippen molar-refractivity contribution in [2.24, 2.45) is 0 Å². The van der Waals surface area contributed by atoms with Crippen LogP contribution < -0.4 is 5.32 Å². The zero-order valence-electron chi connectivity index (χ0n) is 12.4. The first kappa shape index (κ1) is 15.7. The summed E-state index contributed by atoms with van der Waals surface area (Å²) in [6.07, 6.45) is 0. The summed E-state index contributed by atoms with van der Waals surface area (Å²) in [7, 11) is 2.05. The summed E-state index contributed by atoms with van der Waals surface area (Å²) in [6, 6.07) is -0.0987. The molecule has 1 aromatic rings. The maximum atomic E-state index is 12.2. The summed E-state index contributed by atoms with van der Waals surface area (Å²) >= 11 is 1.24. The van der Waals surface area contributed by atoms with Gasteiger partial charge in [0.25, 0.3) is 0 Å². The van der Waals surface area contributed by atoms with E-state index in [-0.39, 0.29) is 17.8 Å². The monoisotopic (exact) mass is 312 g/mol. The lowest BCUT2D eigenvalue weighted by Crippen LogP contribution is -2.54. The molecule has 0 aliphatic carbocycles. The first-order valence-electron chi connectivity index (χ1n) is 6.83. The van der Waals surface area contributed by atoms with Gasteiger partial charge in [0, 0.05) is 31.1 Å². The van der Waals surface area contributed by atoms with Crippen molar-refractivity contribution in [2.45, 2.75) is 25.9 Å². The van der Waals surface area contributed by atoms with Crippen LogP contribution in [0.25, 0.3) is 0 Å². The van der Waals surface area contributed by atoms with E-state index in [0.717, 1.165) is 6.54 Å². The number of carboxylic acid groups (broad SMARTS) is 1. The molecule has 2 unspecified atom stereocenters. The molecule has 0 bridgehead atoms. The molecule has 0 saturated carbocycles. The molecule has 21 heavy (non-hydrogen) atoms. The molecule has 1 aromatic heterocycles. The van der Waals surface area contributed by atoms with Crippen LogP contribution in [0.1, 0.15) is 35.4 Å². The maximum Gasteiger partial charge on any atom is 0.355 e. The molecule has 0 radical (unpaired) electrons. The average Bonchev–Trinajstić information content (AvgIpc) is 2.91. The van der Waals surface area contributed by atoms with Crippen LogP contribution in [-0.4, -0.2) is 64.6 Å². The molecule has 2 atom stereocenters. The Kier molecular flexibility index (Phi) is 4.79. The van der Waals surface area contributed by atoms with Crippen molar-refractivity contribution in [3.05, 3.63) is 16.1 Å². The molecular formula is C13H20N4O3S. The second-order valence-corrected chi connectivity index (χ2v) is 6.21. The predicted molar refractivity (Wildman–Crippen MR) is 79.7 cm³/mol. The first-order valence-corrected chi connectivity index (χ1v) is 7.71. The Morgan fingerprint density at radius 2 is 2.24 bits per heavy atom. The lowest BCUT2D eigenvalue weighted by atomic mass is 10.2. The topological polar surface area (TPSA) is 85.8 Å². The highest BCUT2D eigenvalue weighted by Crippen LogP contribution is 2.18. The number of amides is 2.